The molecule has 1 rings (SSSR count). The SMILES string of the molecule is COC(=O)C(I)CNC(=O)c1ccccc1I. The van der Waals surface area contributed by atoms with Crippen LogP contribution in [0.2, 0.25) is 0 Å². The molecule has 0 heterocycles. The van der Waals surface area contributed by atoms with Crippen molar-refractivity contribution in [3.05, 3.63) is 33.4 Å². The van der Waals surface area contributed by atoms with Gasteiger partial charge in [0.25, 0.3) is 5.91 Å². The zero-order valence-corrected chi connectivity index (χ0v) is 13.4. The fraction of sp³-hybridized carbons (Fsp3) is 0.273. The number of esters is 1. The topological polar surface area (TPSA) is 55.4 Å². The second-order valence-electron chi connectivity index (χ2n) is 3.18. The van der Waals surface area contributed by atoms with Crippen LogP contribution >= 0.6 is 45.2 Å². The number of amides is 1. The Hall–Kier alpha value is -0.380. The van der Waals surface area contributed by atoms with E-state index in [-0.39, 0.29) is 22.3 Å². The van der Waals surface area contributed by atoms with Crippen molar-refractivity contribution in [2.75, 3.05) is 13.7 Å². The van der Waals surface area contributed by atoms with E-state index in [1.807, 2.05) is 34.7 Å². The third-order valence-electron chi connectivity index (χ3n) is 2.02. The molecule has 0 aliphatic carbocycles. The molecule has 17 heavy (non-hydrogen) atoms. The number of carbonyl (C=O) groups is 2. The molecular formula is C11H11I2NO3. The molecule has 0 aromatic heterocycles. The van der Waals surface area contributed by atoms with Gasteiger partial charge in [0.15, 0.2) is 0 Å². The molecule has 1 amide bonds. The van der Waals surface area contributed by atoms with Gasteiger partial charge in [-0.15, -0.1) is 0 Å². The maximum Gasteiger partial charge on any atom is 0.320 e. The average molecular weight is 459 g/mol. The first kappa shape index (κ1) is 14.7. The van der Waals surface area contributed by atoms with Crippen molar-refractivity contribution in [1.29, 1.82) is 0 Å². The second-order valence-corrected chi connectivity index (χ2v) is 5.85. The standard InChI is InChI=1S/C11H11I2NO3/c1-17-11(16)9(13)6-14-10(15)7-4-2-3-5-8(7)12/h2-5,9H,6H2,1H3,(H,14,15). The quantitative estimate of drug-likeness (QED) is 0.426. The molecule has 0 fully saturated rings. The van der Waals surface area contributed by atoms with E-state index in [4.69, 9.17) is 0 Å². The Kier molecular flexibility index (Phi) is 6.17. The maximum absolute atomic E-state index is 11.8. The molecule has 0 saturated heterocycles. The molecule has 0 saturated carbocycles. The lowest BCUT2D eigenvalue weighted by Crippen LogP contribution is -2.34. The van der Waals surface area contributed by atoms with Crippen LogP contribution in [0, 0.1) is 3.57 Å². The molecule has 6 heteroatoms. The van der Waals surface area contributed by atoms with E-state index in [9.17, 15) is 9.59 Å². The summed E-state index contributed by atoms with van der Waals surface area (Å²) >= 11 is 4.04. The van der Waals surface area contributed by atoms with Crippen molar-refractivity contribution in [2.24, 2.45) is 0 Å². The normalized spacial score (nSPS) is 11.7. The Morgan fingerprint density at radius 3 is 2.65 bits per heavy atom. The number of ether oxygens (including phenoxy) is 1. The fourth-order valence-electron chi connectivity index (χ4n) is 1.13. The molecule has 0 spiro atoms. The van der Waals surface area contributed by atoms with Crippen LogP contribution in [0.1, 0.15) is 10.4 Å². The monoisotopic (exact) mass is 459 g/mol. The number of carbonyl (C=O) groups excluding carboxylic acids is 2. The highest BCUT2D eigenvalue weighted by molar-refractivity contribution is 14.1. The fourth-order valence-corrected chi connectivity index (χ4v) is 2.24. The highest BCUT2D eigenvalue weighted by Crippen LogP contribution is 2.11. The summed E-state index contributed by atoms with van der Waals surface area (Å²) in [7, 11) is 1.33. The van der Waals surface area contributed by atoms with E-state index in [1.165, 1.54) is 7.11 Å². The van der Waals surface area contributed by atoms with Crippen molar-refractivity contribution in [3.8, 4) is 0 Å². The highest BCUT2D eigenvalue weighted by atomic mass is 127. The second kappa shape index (κ2) is 7.14. The number of halogens is 2. The number of rotatable bonds is 4. The average Bonchev–Trinajstić information content (AvgIpc) is 2.35. The molecule has 1 atom stereocenters. The van der Waals surface area contributed by atoms with Gasteiger partial charge in [0, 0.05) is 10.1 Å². The number of methoxy groups -OCH3 is 1. The third kappa shape index (κ3) is 4.41. The van der Waals surface area contributed by atoms with Gasteiger partial charge < -0.3 is 10.1 Å². The van der Waals surface area contributed by atoms with Crippen molar-refractivity contribution in [2.45, 2.75) is 3.92 Å². The third-order valence-corrected chi connectivity index (χ3v) is 3.91. The minimum Gasteiger partial charge on any atom is -0.468 e. The minimum absolute atomic E-state index is 0.180. The van der Waals surface area contributed by atoms with Gasteiger partial charge in [-0.2, -0.15) is 0 Å². The predicted molar refractivity (Wildman–Crippen MR) is 81.3 cm³/mol. The highest BCUT2D eigenvalue weighted by Gasteiger charge is 2.17. The van der Waals surface area contributed by atoms with E-state index >= 15 is 0 Å². The summed E-state index contributed by atoms with van der Waals surface area (Å²) in [6.07, 6.45) is 0. The van der Waals surface area contributed by atoms with Crippen LogP contribution in [0.5, 0.6) is 0 Å². The van der Waals surface area contributed by atoms with Crippen LogP contribution in [0.15, 0.2) is 24.3 Å². The molecule has 1 unspecified atom stereocenters. The first-order valence-electron chi connectivity index (χ1n) is 4.81. The van der Waals surface area contributed by atoms with Crippen LogP contribution in [0.4, 0.5) is 0 Å². The Balaban J connectivity index is 2.57. The molecular weight excluding hydrogens is 448 g/mol. The van der Waals surface area contributed by atoms with Gasteiger partial charge >= 0.3 is 5.97 Å². The van der Waals surface area contributed by atoms with Crippen LogP contribution in [-0.4, -0.2) is 29.5 Å². The van der Waals surface area contributed by atoms with E-state index in [2.05, 4.69) is 32.6 Å². The Morgan fingerprint density at radius 2 is 2.06 bits per heavy atom. The van der Waals surface area contributed by atoms with Crippen LogP contribution in [0.25, 0.3) is 0 Å². The maximum atomic E-state index is 11.8. The van der Waals surface area contributed by atoms with Crippen LogP contribution < -0.4 is 5.32 Å². The van der Waals surface area contributed by atoms with Crippen molar-refractivity contribution >= 4 is 57.1 Å². The van der Waals surface area contributed by atoms with Gasteiger partial charge in [0.1, 0.15) is 3.92 Å². The summed E-state index contributed by atoms with van der Waals surface area (Å²) < 4.78 is 5.08. The molecule has 0 aliphatic rings. The Bertz CT molecular complexity index is 423. The zero-order chi connectivity index (χ0) is 12.8. The largest absolute Gasteiger partial charge is 0.468 e. The van der Waals surface area contributed by atoms with E-state index in [0.29, 0.717) is 5.56 Å². The Morgan fingerprint density at radius 1 is 1.41 bits per heavy atom. The lowest BCUT2D eigenvalue weighted by atomic mass is 10.2. The van der Waals surface area contributed by atoms with Gasteiger partial charge in [-0.25, -0.2) is 0 Å². The number of hydrogen-bond donors (Lipinski definition) is 1. The van der Waals surface area contributed by atoms with E-state index in [1.54, 1.807) is 12.1 Å². The summed E-state index contributed by atoms with van der Waals surface area (Å²) in [6, 6.07) is 7.28. The molecule has 0 bridgehead atoms. The van der Waals surface area contributed by atoms with Gasteiger partial charge in [-0.1, -0.05) is 34.7 Å². The van der Waals surface area contributed by atoms with Crippen molar-refractivity contribution in [3.63, 3.8) is 0 Å². The smallest absolute Gasteiger partial charge is 0.320 e. The number of alkyl halides is 1. The summed E-state index contributed by atoms with van der Waals surface area (Å²) in [5.74, 6) is -0.519. The van der Waals surface area contributed by atoms with Gasteiger partial charge in [-0.05, 0) is 34.7 Å². The summed E-state index contributed by atoms with van der Waals surface area (Å²) in [6.45, 7) is 0.261. The van der Waals surface area contributed by atoms with Gasteiger partial charge in [0.05, 0.1) is 12.7 Å². The molecule has 4 nitrogen and oxygen atoms in total. The van der Waals surface area contributed by atoms with Crippen molar-refractivity contribution in [1.82, 2.24) is 5.32 Å². The van der Waals surface area contributed by atoms with Gasteiger partial charge in [0.2, 0.25) is 0 Å². The minimum atomic E-state index is -0.372. The first-order chi connectivity index (χ1) is 8.06. The molecule has 92 valence electrons. The molecule has 1 aromatic rings. The Labute approximate surface area is 127 Å². The molecule has 1 N–H and O–H groups in total. The molecule has 0 radical (unpaired) electrons. The predicted octanol–water partition coefficient (Wildman–Crippen LogP) is 2.00. The first-order valence-corrected chi connectivity index (χ1v) is 7.13. The summed E-state index contributed by atoms with van der Waals surface area (Å²) in [4.78, 5) is 23.0. The van der Waals surface area contributed by atoms with E-state index in [0.717, 1.165) is 3.57 Å². The van der Waals surface area contributed by atoms with Crippen molar-refractivity contribution < 1.29 is 14.3 Å². The lowest BCUT2D eigenvalue weighted by Gasteiger charge is -2.10. The molecule has 0 aliphatic heterocycles. The summed E-state index contributed by atoms with van der Waals surface area (Å²) in [5.41, 5.74) is 0.613. The van der Waals surface area contributed by atoms with Crippen LogP contribution in [-0.2, 0) is 9.53 Å². The molecule has 1 aromatic carbocycles. The van der Waals surface area contributed by atoms with Crippen LogP contribution in [0.3, 0.4) is 0 Å². The zero-order valence-electron chi connectivity index (χ0n) is 9.07. The number of benzene rings is 1. The number of hydrogen-bond acceptors (Lipinski definition) is 3. The lowest BCUT2D eigenvalue weighted by molar-refractivity contribution is -0.139. The van der Waals surface area contributed by atoms with Gasteiger partial charge in [-0.3, -0.25) is 9.59 Å². The van der Waals surface area contributed by atoms with E-state index < -0.39 is 0 Å². The summed E-state index contributed by atoms with van der Waals surface area (Å²) in [5, 5.41) is 2.70. The number of nitrogens with one attached hydrogen (secondary N) is 1.